The zero-order valence-corrected chi connectivity index (χ0v) is 14.1. The van der Waals surface area contributed by atoms with Crippen LogP contribution in [0.25, 0.3) is 0 Å². The SMILES string of the molecule is CCCOc1ccc(C(NN)C(C)(C)N(CC)CC)cc1. The first-order valence-corrected chi connectivity index (χ1v) is 7.95. The summed E-state index contributed by atoms with van der Waals surface area (Å²) >= 11 is 0. The maximum atomic E-state index is 5.85. The van der Waals surface area contributed by atoms with Crippen molar-refractivity contribution >= 4 is 0 Å². The summed E-state index contributed by atoms with van der Waals surface area (Å²) in [7, 11) is 0. The molecule has 1 unspecified atom stereocenters. The Morgan fingerprint density at radius 2 is 1.71 bits per heavy atom. The van der Waals surface area contributed by atoms with E-state index < -0.39 is 0 Å². The van der Waals surface area contributed by atoms with E-state index in [1.54, 1.807) is 0 Å². The van der Waals surface area contributed by atoms with Gasteiger partial charge < -0.3 is 4.74 Å². The minimum Gasteiger partial charge on any atom is -0.494 e. The van der Waals surface area contributed by atoms with Gasteiger partial charge in [-0.1, -0.05) is 32.9 Å². The van der Waals surface area contributed by atoms with E-state index in [2.05, 4.69) is 57.1 Å². The Morgan fingerprint density at radius 1 is 1.14 bits per heavy atom. The van der Waals surface area contributed by atoms with Crippen LogP contribution in [0.2, 0.25) is 0 Å². The van der Waals surface area contributed by atoms with Crippen LogP contribution in [0.1, 0.15) is 52.6 Å². The van der Waals surface area contributed by atoms with Crippen LogP contribution in [0.15, 0.2) is 24.3 Å². The molecule has 0 spiro atoms. The van der Waals surface area contributed by atoms with Crippen molar-refractivity contribution in [2.45, 2.75) is 52.6 Å². The second-order valence-electron chi connectivity index (χ2n) is 5.84. The summed E-state index contributed by atoms with van der Waals surface area (Å²) in [5.41, 5.74) is 4.10. The molecule has 0 radical (unpaired) electrons. The summed E-state index contributed by atoms with van der Waals surface area (Å²) < 4.78 is 5.64. The minimum atomic E-state index is -0.0654. The standard InChI is InChI=1S/C17H31N3O/c1-6-13-21-15-11-9-14(10-12-15)16(19-18)17(4,5)20(7-2)8-3/h9-12,16,19H,6-8,13,18H2,1-5H3. The van der Waals surface area contributed by atoms with Gasteiger partial charge in [0.2, 0.25) is 0 Å². The third kappa shape index (κ3) is 4.43. The van der Waals surface area contributed by atoms with E-state index in [9.17, 15) is 0 Å². The highest BCUT2D eigenvalue weighted by Gasteiger charge is 2.34. The van der Waals surface area contributed by atoms with Gasteiger partial charge in [-0.3, -0.25) is 16.2 Å². The van der Waals surface area contributed by atoms with Crippen LogP contribution >= 0.6 is 0 Å². The van der Waals surface area contributed by atoms with Gasteiger partial charge in [0, 0.05) is 5.54 Å². The van der Waals surface area contributed by atoms with Crippen LogP contribution in [-0.4, -0.2) is 30.1 Å². The van der Waals surface area contributed by atoms with Gasteiger partial charge in [-0.05, 0) is 51.1 Å². The minimum absolute atomic E-state index is 0.0654. The first-order chi connectivity index (χ1) is 10.0. The molecule has 120 valence electrons. The van der Waals surface area contributed by atoms with Crippen LogP contribution in [0, 0.1) is 0 Å². The Morgan fingerprint density at radius 3 is 2.14 bits per heavy atom. The van der Waals surface area contributed by atoms with Crippen molar-refractivity contribution in [1.29, 1.82) is 0 Å². The van der Waals surface area contributed by atoms with Crippen molar-refractivity contribution in [2.24, 2.45) is 5.84 Å². The first-order valence-electron chi connectivity index (χ1n) is 7.95. The number of nitrogens with one attached hydrogen (secondary N) is 1. The molecule has 0 heterocycles. The van der Waals surface area contributed by atoms with Crippen LogP contribution in [0.5, 0.6) is 5.75 Å². The molecular formula is C17H31N3O. The molecule has 4 nitrogen and oxygen atoms in total. The van der Waals surface area contributed by atoms with Crippen LogP contribution in [-0.2, 0) is 0 Å². The molecule has 4 heteroatoms. The van der Waals surface area contributed by atoms with Crippen molar-refractivity contribution in [3.05, 3.63) is 29.8 Å². The van der Waals surface area contributed by atoms with Crippen LogP contribution in [0.3, 0.4) is 0 Å². The maximum Gasteiger partial charge on any atom is 0.119 e. The van der Waals surface area contributed by atoms with Gasteiger partial charge in [0.05, 0.1) is 12.6 Å². The fraction of sp³-hybridized carbons (Fsp3) is 0.647. The Bertz CT molecular complexity index is 399. The van der Waals surface area contributed by atoms with Crippen molar-refractivity contribution in [2.75, 3.05) is 19.7 Å². The average Bonchev–Trinajstić information content (AvgIpc) is 2.47. The van der Waals surface area contributed by atoms with Crippen molar-refractivity contribution in [3.8, 4) is 5.75 Å². The maximum absolute atomic E-state index is 5.85. The monoisotopic (exact) mass is 293 g/mol. The highest BCUT2D eigenvalue weighted by atomic mass is 16.5. The topological polar surface area (TPSA) is 50.5 Å². The molecule has 21 heavy (non-hydrogen) atoms. The number of nitrogens with two attached hydrogens (primary N) is 1. The number of ether oxygens (including phenoxy) is 1. The molecule has 0 fully saturated rings. The van der Waals surface area contributed by atoms with Gasteiger partial charge in [0.15, 0.2) is 0 Å². The molecule has 0 aliphatic rings. The zero-order chi connectivity index (χ0) is 15.9. The van der Waals surface area contributed by atoms with Crippen LogP contribution in [0.4, 0.5) is 0 Å². The summed E-state index contributed by atoms with van der Waals surface area (Å²) in [6.07, 6.45) is 1.02. The van der Waals surface area contributed by atoms with Gasteiger partial charge in [0.25, 0.3) is 0 Å². The smallest absolute Gasteiger partial charge is 0.119 e. The van der Waals surface area contributed by atoms with Gasteiger partial charge in [0.1, 0.15) is 5.75 Å². The molecule has 1 aromatic rings. The summed E-state index contributed by atoms with van der Waals surface area (Å²) in [4.78, 5) is 2.42. The van der Waals surface area contributed by atoms with Gasteiger partial charge in [-0.2, -0.15) is 0 Å². The lowest BCUT2D eigenvalue weighted by Gasteiger charge is -2.43. The van der Waals surface area contributed by atoms with E-state index in [1.807, 2.05) is 12.1 Å². The Hall–Kier alpha value is -1.10. The van der Waals surface area contributed by atoms with E-state index in [4.69, 9.17) is 10.6 Å². The lowest BCUT2D eigenvalue weighted by molar-refractivity contribution is 0.0912. The molecule has 3 N–H and O–H groups in total. The number of nitrogens with zero attached hydrogens (tertiary/aromatic N) is 1. The number of hydrogen-bond acceptors (Lipinski definition) is 4. The van der Waals surface area contributed by atoms with Gasteiger partial charge in [-0.25, -0.2) is 0 Å². The second-order valence-corrected chi connectivity index (χ2v) is 5.84. The summed E-state index contributed by atoms with van der Waals surface area (Å²) in [6.45, 7) is 13.7. The molecule has 0 amide bonds. The van der Waals surface area contributed by atoms with Crippen molar-refractivity contribution < 1.29 is 4.74 Å². The van der Waals surface area contributed by atoms with Crippen LogP contribution < -0.4 is 16.0 Å². The van der Waals surface area contributed by atoms with E-state index in [0.29, 0.717) is 0 Å². The number of likely N-dealkylation sites (N-methyl/N-ethyl adjacent to an activating group) is 1. The van der Waals surface area contributed by atoms with E-state index in [1.165, 1.54) is 5.56 Å². The lowest BCUT2D eigenvalue weighted by atomic mass is 9.87. The molecule has 0 saturated heterocycles. The molecular weight excluding hydrogens is 262 g/mol. The van der Waals surface area contributed by atoms with Gasteiger partial charge >= 0.3 is 0 Å². The van der Waals surface area contributed by atoms with Crippen molar-refractivity contribution in [1.82, 2.24) is 10.3 Å². The summed E-state index contributed by atoms with van der Waals surface area (Å²) in [6, 6.07) is 8.31. The number of rotatable bonds is 9. The molecule has 0 aliphatic heterocycles. The number of hydrazine groups is 1. The lowest BCUT2D eigenvalue weighted by Crippen LogP contribution is -2.54. The fourth-order valence-corrected chi connectivity index (χ4v) is 2.91. The first kappa shape index (κ1) is 18.0. The highest BCUT2D eigenvalue weighted by molar-refractivity contribution is 5.30. The van der Waals surface area contributed by atoms with E-state index in [0.717, 1.165) is 31.9 Å². The quantitative estimate of drug-likeness (QED) is 0.542. The molecule has 1 atom stereocenters. The average molecular weight is 293 g/mol. The summed E-state index contributed by atoms with van der Waals surface area (Å²) in [5, 5.41) is 0. The number of hydrogen-bond donors (Lipinski definition) is 2. The third-order valence-electron chi connectivity index (χ3n) is 4.14. The second kappa shape index (κ2) is 8.37. The van der Waals surface area contributed by atoms with E-state index >= 15 is 0 Å². The van der Waals surface area contributed by atoms with Gasteiger partial charge in [-0.15, -0.1) is 0 Å². The van der Waals surface area contributed by atoms with E-state index in [-0.39, 0.29) is 11.6 Å². The summed E-state index contributed by atoms with van der Waals surface area (Å²) in [5.74, 6) is 6.76. The molecule has 0 bridgehead atoms. The molecule has 0 aromatic heterocycles. The normalized spacial score (nSPS) is 13.5. The Balaban J connectivity index is 2.93. The fourth-order valence-electron chi connectivity index (χ4n) is 2.91. The van der Waals surface area contributed by atoms with Crippen molar-refractivity contribution in [3.63, 3.8) is 0 Å². The molecule has 0 saturated carbocycles. The zero-order valence-electron chi connectivity index (χ0n) is 14.1. The largest absolute Gasteiger partial charge is 0.494 e. The Labute approximate surface area is 129 Å². The molecule has 1 aromatic carbocycles. The number of benzene rings is 1. The predicted octanol–water partition coefficient (Wildman–Crippen LogP) is 3.10. The highest BCUT2D eigenvalue weighted by Crippen LogP contribution is 2.31. The predicted molar refractivity (Wildman–Crippen MR) is 89.3 cm³/mol. The Kier molecular flexibility index (Phi) is 7.15. The third-order valence-corrected chi connectivity index (χ3v) is 4.14. The molecule has 1 rings (SSSR count). The molecule has 0 aliphatic carbocycles.